The largest absolute Gasteiger partial charge is 0.350 e. The third-order valence-corrected chi connectivity index (χ3v) is 2.82. The van der Waals surface area contributed by atoms with Crippen LogP contribution in [0.2, 0.25) is 0 Å². The minimum atomic E-state index is -0.234. The zero-order valence-corrected chi connectivity index (χ0v) is 11.2. The molecule has 0 saturated carbocycles. The van der Waals surface area contributed by atoms with Crippen LogP contribution in [0.4, 0.5) is 0 Å². The van der Waals surface area contributed by atoms with Gasteiger partial charge in [0.05, 0.1) is 6.33 Å². The second-order valence-electron chi connectivity index (χ2n) is 4.34. The Labute approximate surface area is 116 Å². The summed E-state index contributed by atoms with van der Waals surface area (Å²) in [6.45, 7) is 2.28. The van der Waals surface area contributed by atoms with E-state index in [1.165, 1.54) is 17.0 Å². The van der Waals surface area contributed by atoms with Gasteiger partial charge in [0.15, 0.2) is 0 Å². The molecule has 0 aliphatic rings. The van der Waals surface area contributed by atoms with Gasteiger partial charge in [-0.2, -0.15) is 0 Å². The number of aromatic nitrogens is 3. The molecule has 0 unspecified atom stereocenters. The summed E-state index contributed by atoms with van der Waals surface area (Å²) in [5.41, 5.74) is 1.42. The van der Waals surface area contributed by atoms with Crippen LogP contribution >= 0.6 is 0 Å². The average molecular weight is 272 g/mol. The van der Waals surface area contributed by atoms with Gasteiger partial charge >= 0.3 is 0 Å². The molecule has 2 aromatic heterocycles. The van der Waals surface area contributed by atoms with Gasteiger partial charge in [-0.1, -0.05) is 13.0 Å². The number of nitrogens with zero attached hydrogens (tertiary/aromatic N) is 3. The number of nitrogens with one attached hydrogen (secondary N) is 1. The van der Waals surface area contributed by atoms with E-state index in [1.807, 2.05) is 13.0 Å². The standard InChI is InChI=1S/C14H16N4O2/c1-2-12-6-14(20)18(10-17-12)9-13(19)16-8-11-4-3-5-15-7-11/h3-7,10H,2,8-9H2,1H3,(H,16,19). The molecule has 20 heavy (non-hydrogen) atoms. The lowest BCUT2D eigenvalue weighted by molar-refractivity contribution is -0.121. The highest BCUT2D eigenvalue weighted by Crippen LogP contribution is 1.94. The van der Waals surface area contributed by atoms with Crippen molar-refractivity contribution in [2.24, 2.45) is 0 Å². The Morgan fingerprint density at radius 2 is 2.30 bits per heavy atom. The molecule has 0 bridgehead atoms. The molecule has 0 aliphatic carbocycles. The van der Waals surface area contributed by atoms with Crippen molar-refractivity contribution >= 4 is 5.91 Å². The number of hydrogen-bond acceptors (Lipinski definition) is 4. The number of aryl methyl sites for hydroxylation is 1. The Morgan fingerprint density at radius 3 is 2.95 bits per heavy atom. The maximum Gasteiger partial charge on any atom is 0.253 e. The molecule has 0 radical (unpaired) electrons. The van der Waals surface area contributed by atoms with Crippen LogP contribution in [-0.4, -0.2) is 20.4 Å². The maximum absolute atomic E-state index is 11.8. The second-order valence-corrected chi connectivity index (χ2v) is 4.34. The number of rotatable bonds is 5. The molecule has 1 amide bonds. The van der Waals surface area contributed by atoms with Gasteiger partial charge in [0, 0.05) is 30.7 Å². The first-order chi connectivity index (χ1) is 9.69. The van der Waals surface area contributed by atoms with Crippen LogP contribution in [0.15, 0.2) is 41.7 Å². The molecule has 0 fully saturated rings. The van der Waals surface area contributed by atoms with Crippen LogP contribution in [-0.2, 0) is 24.3 Å². The Hall–Kier alpha value is -2.50. The first kappa shape index (κ1) is 13.9. The number of carbonyl (C=O) groups is 1. The number of amides is 1. The van der Waals surface area contributed by atoms with E-state index < -0.39 is 0 Å². The van der Waals surface area contributed by atoms with Crippen molar-refractivity contribution in [1.29, 1.82) is 0 Å². The summed E-state index contributed by atoms with van der Waals surface area (Å²) >= 11 is 0. The van der Waals surface area contributed by atoms with Crippen molar-refractivity contribution in [3.63, 3.8) is 0 Å². The van der Waals surface area contributed by atoms with Crippen molar-refractivity contribution in [2.75, 3.05) is 0 Å². The molecule has 2 heterocycles. The van der Waals surface area contributed by atoms with Crippen LogP contribution in [0, 0.1) is 0 Å². The third-order valence-electron chi connectivity index (χ3n) is 2.82. The highest BCUT2D eigenvalue weighted by Gasteiger charge is 2.05. The number of hydrogen-bond donors (Lipinski definition) is 1. The first-order valence-electron chi connectivity index (χ1n) is 6.40. The molecule has 6 heteroatoms. The SMILES string of the molecule is CCc1cc(=O)n(CC(=O)NCc2cccnc2)cn1. The van der Waals surface area contributed by atoms with Crippen LogP contribution in [0.3, 0.4) is 0 Å². The molecule has 0 atom stereocenters. The first-order valence-corrected chi connectivity index (χ1v) is 6.40. The normalized spacial score (nSPS) is 10.2. The van der Waals surface area contributed by atoms with E-state index in [2.05, 4.69) is 15.3 Å². The lowest BCUT2D eigenvalue weighted by Gasteiger charge is -2.07. The van der Waals surface area contributed by atoms with Crippen molar-refractivity contribution in [2.45, 2.75) is 26.4 Å². The van der Waals surface area contributed by atoms with Gasteiger partial charge in [0.1, 0.15) is 6.54 Å². The summed E-state index contributed by atoms with van der Waals surface area (Å²) in [4.78, 5) is 31.6. The van der Waals surface area contributed by atoms with E-state index in [4.69, 9.17) is 0 Å². The van der Waals surface area contributed by atoms with Crippen molar-refractivity contribution in [1.82, 2.24) is 19.9 Å². The van der Waals surface area contributed by atoms with Gasteiger partial charge in [0.25, 0.3) is 5.56 Å². The zero-order chi connectivity index (χ0) is 14.4. The van der Waals surface area contributed by atoms with Crippen molar-refractivity contribution in [3.8, 4) is 0 Å². The quantitative estimate of drug-likeness (QED) is 0.860. The van der Waals surface area contributed by atoms with E-state index in [0.29, 0.717) is 13.0 Å². The minimum Gasteiger partial charge on any atom is -0.350 e. The van der Waals surface area contributed by atoms with Crippen molar-refractivity contribution < 1.29 is 4.79 Å². The van der Waals surface area contributed by atoms with Gasteiger partial charge < -0.3 is 5.32 Å². The lowest BCUT2D eigenvalue weighted by Crippen LogP contribution is -2.32. The van der Waals surface area contributed by atoms with Crippen LogP contribution in [0.1, 0.15) is 18.2 Å². The monoisotopic (exact) mass is 272 g/mol. The summed E-state index contributed by atoms with van der Waals surface area (Å²) in [6.07, 6.45) is 5.46. The summed E-state index contributed by atoms with van der Waals surface area (Å²) in [5, 5.41) is 2.74. The topological polar surface area (TPSA) is 76.9 Å². The Morgan fingerprint density at radius 1 is 1.45 bits per heavy atom. The summed E-state index contributed by atoms with van der Waals surface area (Å²) < 4.78 is 1.29. The number of pyridine rings is 1. The molecule has 0 spiro atoms. The van der Waals surface area contributed by atoms with Gasteiger partial charge in [-0.15, -0.1) is 0 Å². The van der Waals surface area contributed by atoms with E-state index >= 15 is 0 Å². The van der Waals surface area contributed by atoms with Crippen LogP contribution < -0.4 is 10.9 Å². The van der Waals surface area contributed by atoms with E-state index in [9.17, 15) is 9.59 Å². The smallest absolute Gasteiger partial charge is 0.253 e. The zero-order valence-electron chi connectivity index (χ0n) is 11.2. The fourth-order valence-electron chi connectivity index (χ4n) is 1.69. The molecule has 104 valence electrons. The van der Waals surface area contributed by atoms with Crippen molar-refractivity contribution in [3.05, 3.63) is 58.5 Å². The maximum atomic E-state index is 11.8. The molecule has 2 rings (SSSR count). The Kier molecular flexibility index (Phi) is 4.60. The second kappa shape index (κ2) is 6.60. The molecule has 1 N–H and O–H groups in total. The minimum absolute atomic E-state index is 0.0317. The van der Waals surface area contributed by atoms with E-state index in [-0.39, 0.29) is 18.0 Å². The highest BCUT2D eigenvalue weighted by atomic mass is 16.2. The van der Waals surface area contributed by atoms with Crippen LogP contribution in [0.5, 0.6) is 0 Å². The average Bonchev–Trinajstić information content (AvgIpc) is 2.48. The third kappa shape index (κ3) is 3.74. The molecule has 6 nitrogen and oxygen atoms in total. The molecule has 0 saturated heterocycles. The summed E-state index contributed by atoms with van der Waals surface area (Å²) in [5.74, 6) is -0.234. The van der Waals surface area contributed by atoms with Crippen LogP contribution in [0.25, 0.3) is 0 Å². The molecular weight excluding hydrogens is 256 g/mol. The molecule has 2 aromatic rings. The fourth-order valence-corrected chi connectivity index (χ4v) is 1.69. The fraction of sp³-hybridized carbons (Fsp3) is 0.286. The van der Waals surface area contributed by atoms with Gasteiger partial charge in [-0.3, -0.25) is 19.1 Å². The Balaban J connectivity index is 1.93. The van der Waals surface area contributed by atoms with E-state index in [1.54, 1.807) is 18.5 Å². The Bertz CT molecular complexity index is 637. The van der Waals surface area contributed by atoms with Gasteiger partial charge in [-0.25, -0.2) is 4.98 Å². The molecular formula is C14H16N4O2. The summed E-state index contributed by atoms with van der Waals surface area (Å²) in [7, 11) is 0. The number of carbonyl (C=O) groups excluding carboxylic acids is 1. The lowest BCUT2D eigenvalue weighted by atomic mass is 10.3. The van der Waals surface area contributed by atoms with Gasteiger partial charge in [0.2, 0.25) is 5.91 Å². The molecule has 0 aliphatic heterocycles. The van der Waals surface area contributed by atoms with Gasteiger partial charge in [-0.05, 0) is 18.1 Å². The highest BCUT2D eigenvalue weighted by molar-refractivity contribution is 5.75. The predicted molar refractivity (Wildman–Crippen MR) is 74.0 cm³/mol. The predicted octanol–water partition coefficient (Wildman–Crippen LogP) is 0.517. The van der Waals surface area contributed by atoms with E-state index in [0.717, 1.165) is 11.3 Å². The summed E-state index contributed by atoms with van der Waals surface area (Å²) in [6, 6.07) is 5.13. The molecule has 0 aromatic carbocycles.